The van der Waals surface area contributed by atoms with Gasteiger partial charge in [-0.2, -0.15) is 5.26 Å². The molecular weight excluding hydrogens is 381 g/mol. The quantitative estimate of drug-likeness (QED) is 0.663. The van der Waals surface area contributed by atoms with E-state index in [1.165, 1.54) is 6.92 Å². The molecule has 7 atom stereocenters. The summed E-state index contributed by atoms with van der Waals surface area (Å²) >= 11 is 0. The van der Waals surface area contributed by atoms with Gasteiger partial charge in [0.2, 0.25) is 24.4 Å². The Balaban J connectivity index is 1.63. The zero-order chi connectivity index (χ0) is 21.3. The van der Waals surface area contributed by atoms with Crippen LogP contribution in [0.3, 0.4) is 0 Å². The van der Waals surface area contributed by atoms with Crippen LogP contribution in [0.15, 0.2) is 11.6 Å². The number of rotatable bonds is 4. The molecule has 3 aliphatic heterocycles. The maximum atomic E-state index is 14.4. The number of carbonyl (C=O) groups excluding carboxylic acids is 2. The van der Waals surface area contributed by atoms with E-state index in [2.05, 4.69) is 10.6 Å². The van der Waals surface area contributed by atoms with Crippen molar-refractivity contribution in [3.63, 3.8) is 0 Å². The van der Waals surface area contributed by atoms with E-state index >= 15 is 0 Å². The smallest absolute Gasteiger partial charge is 0.251 e. The Labute approximate surface area is 167 Å². The third-order valence-corrected chi connectivity index (χ3v) is 6.06. The van der Waals surface area contributed by atoms with Crippen molar-refractivity contribution in [3.8, 4) is 6.07 Å². The van der Waals surface area contributed by atoms with Crippen molar-refractivity contribution in [2.24, 2.45) is 5.92 Å². The Morgan fingerprint density at radius 3 is 2.83 bits per heavy atom. The Hall–Kier alpha value is -2.70. The fourth-order valence-corrected chi connectivity index (χ4v) is 4.44. The van der Waals surface area contributed by atoms with Crippen LogP contribution in [0.2, 0.25) is 0 Å². The van der Waals surface area contributed by atoms with E-state index in [0.29, 0.717) is 17.6 Å². The summed E-state index contributed by atoms with van der Waals surface area (Å²) in [6.45, 7) is 3.25. The van der Waals surface area contributed by atoms with E-state index < -0.39 is 36.1 Å². The van der Waals surface area contributed by atoms with Crippen LogP contribution in [0.1, 0.15) is 39.5 Å². The van der Waals surface area contributed by atoms with Crippen molar-refractivity contribution in [1.29, 1.82) is 5.26 Å². The molecule has 10 heteroatoms. The number of halogens is 1. The predicted octanol–water partition coefficient (Wildman–Crippen LogP) is 0.665. The summed E-state index contributed by atoms with van der Waals surface area (Å²) < 4.78 is 15.8. The van der Waals surface area contributed by atoms with Gasteiger partial charge in [0.25, 0.3) is 6.04 Å². The molecule has 0 aromatic heterocycles. The Morgan fingerprint density at radius 1 is 1.45 bits per heavy atom. The lowest BCUT2D eigenvalue weighted by Crippen LogP contribution is -2.56. The largest absolute Gasteiger partial charge is 0.346 e. The lowest BCUT2D eigenvalue weighted by atomic mass is 9.88. The van der Waals surface area contributed by atoms with Crippen LogP contribution in [0.5, 0.6) is 0 Å². The molecule has 3 aliphatic rings. The molecule has 2 saturated heterocycles. The highest BCUT2D eigenvalue weighted by atomic mass is 19.1. The van der Waals surface area contributed by atoms with Gasteiger partial charge < -0.3 is 10.6 Å². The number of piperidine rings is 2. The number of carbonyl (C=O) groups is 2. The molecule has 6 unspecified atom stereocenters. The molecule has 0 aromatic rings. The maximum absolute atomic E-state index is 14.4. The minimum absolute atomic E-state index is 0.0474. The van der Waals surface area contributed by atoms with Gasteiger partial charge in [0.1, 0.15) is 5.92 Å². The van der Waals surface area contributed by atoms with Crippen molar-refractivity contribution >= 4 is 11.8 Å². The molecule has 9 nitrogen and oxygen atoms in total. The van der Waals surface area contributed by atoms with Crippen molar-refractivity contribution in [1.82, 2.24) is 10.6 Å². The van der Waals surface area contributed by atoms with E-state index in [9.17, 15) is 23.8 Å². The summed E-state index contributed by atoms with van der Waals surface area (Å²) in [5.74, 6) is -1.58. The van der Waals surface area contributed by atoms with E-state index in [1.807, 2.05) is 13.0 Å². The monoisotopic (exact) mass is 407 g/mol. The Morgan fingerprint density at radius 2 is 2.17 bits per heavy atom. The second-order valence-electron chi connectivity index (χ2n) is 8.25. The maximum Gasteiger partial charge on any atom is 0.251 e. The molecule has 29 heavy (non-hydrogen) atoms. The van der Waals surface area contributed by atoms with Gasteiger partial charge in [0.05, 0.1) is 24.6 Å². The molecule has 3 rings (SSSR count). The number of fused-ring (bicyclic) bond motifs is 1. The van der Waals surface area contributed by atoms with Gasteiger partial charge in [-0.05, 0) is 19.4 Å². The number of nitroso groups, excluding NO2 is 2. The molecule has 0 radical (unpaired) electrons. The number of nitrogens with one attached hydrogen (secondary N) is 2. The molecule has 0 aromatic carbocycles. The molecule has 156 valence electrons. The molecular formula is C19H26FN5O4+2. The number of nitriles is 1. The highest BCUT2D eigenvalue weighted by Crippen LogP contribution is 2.26. The van der Waals surface area contributed by atoms with Gasteiger partial charge in [-0.1, -0.05) is 0 Å². The van der Waals surface area contributed by atoms with Gasteiger partial charge in [0, 0.05) is 44.7 Å². The predicted molar refractivity (Wildman–Crippen MR) is 99.2 cm³/mol. The highest BCUT2D eigenvalue weighted by Gasteiger charge is 2.48. The van der Waals surface area contributed by atoms with Crippen LogP contribution >= 0.6 is 0 Å². The average Bonchev–Trinajstić information content (AvgIpc) is 2.65. The number of alkyl halides is 1. The summed E-state index contributed by atoms with van der Waals surface area (Å²) in [5, 5.41) is 14.3. The zero-order valence-corrected chi connectivity index (χ0v) is 16.5. The van der Waals surface area contributed by atoms with Crippen molar-refractivity contribution in [2.75, 3.05) is 6.54 Å². The molecule has 2 amide bonds. The first-order valence-corrected chi connectivity index (χ1v) is 9.95. The standard InChI is InChI=1S/C19H24FN5O4/c1-10-3-4-15-16(25(10)29)6-13(19(27)23-15)7-17(26)22-11(2)18-14(20)5-12(8-21)9-24(18)28/h6,10-12,14-16,18H,3-5,7,9H2,1-2H3/p+2/t10?,11-,12?,14?,15?,16?,18?/m0/s1. The summed E-state index contributed by atoms with van der Waals surface area (Å²) in [4.78, 5) is 49.2. The molecule has 0 bridgehead atoms. The van der Waals surface area contributed by atoms with Crippen molar-refractivity contribution in [2.45, 2.75) is 75.9 Å². The molecule has 0 aliphatic carbocycles. The van der Waals surface area contributed by atoms with Crippen LogP contribution in [-0.4, -0.2) is 64.3 Å². The minimum Gasteiger partial charge on any atom is -0.346 e. The summed E-state index contributed by atoms with van der Waals surface area (Å²) in [5.41, 5.74) is 0.190. The van der Waals surface area contributed by atoms with Crippen LogP contribution in [-0.2, 0) is 9.59 Å². The molecule has 2 fully saturated rings. The van der Waals surface area contributed by atoms with Gasteiger partial charge in [0.15, 0.2) is 12.2 Å². The normalized spacial score (nSPS) is 35.7. The van der Waals surface area contributed by atoms with Gasteiger partial charge in [-0.3, -0.25) is 9.59 Å². The van der Waals surface area contributed by atoms with Crippen LogP contribution in [0.25, 0.3) is 0 Å². The van der Waals surface area contributed by atoms with Crippen LogP contribution in [0, 0.1) is 27.1 Å². The fraction of sp³-hybridized carbons (Fsp3) is 0.737. The highest BCUT2D eigenvalue weighted by molar-refractivity contribution is 5.99. The fourth-order valence-electron chi connectivity index (χ4n) is 4.44. The first-order valence-electron chi connectivity index (χ1n) is 9.95. The van der Waals surface area contributed by atoms with Crippen LogP contribution < -0.4 is 10.6 Å². The second kappa shape index (κ2) is 8.35. The number of hydrogen-bond acceptors (Lipinski definition) is 5. The number of amides is 2. The van der Waals surface area contributed by atoms with E-state index in [-0.39, 0.29) is 43.0 Å². The van der Waals surface area contributed by atoms with Gasteiger partial charge in [-0.25, -0.2) is 4.39 Å². The first kappa shape index (κ1) is 21.0. The summed E-state index contributed by atoms with van der Waals surface area (Å²) in [7, 11) is 0. The summed E-state index contributed by atoms with van der Waals surface area (Å²) in [6.07, 6.45) is 1.10. The third-order valence-electron chi connectivity index (χ3n) is 6.06. The van der Waals surface area contributed by atoms with E-state index in [4.69, 9.17) is 5.26 Å². The Bertz CT molecular complexity index is 807. The molecule has 0 saturated carbocycles. The van der Waals surface area contributed by atoms with Gasteiger partial charge in [-0.15, -0.1) is 0 Å². The molecule has 2 N–H and O–H groups in total. The number of nitrogens with zero attached hydrogens (tertiary/aromatic N) is 3. The number of hydrogen-bond donors (Lipinski definition) is 2. The minimum atomic E-state index is -1.53. The molecule has 0 spiro atoms. The second-order valence-corrected chi connectivity index (χ2v) is 8.25. The lowest BCUT2D eigenvalue weighted by Gasteiger charge is -2.31. The van der Waals surface area contributed by atoms with E-state index in [0.717, 1.165) is 4.76 Å². The van der Waals surface area contributed by atoms with Crippen molar-refractivity contribution < 1.29 is 23.5 Å². The zero-order valence-electron chi connectivity index (χ0n) is 16.5. The summed E-state index contributed by atoms with van der Waals surface area (Å²) in [6, 6.07) is -0.909. The SMILES string of the molecule is CC1CCC2NC(=O)C(CC(=O)N[C@@H](C)C3C(F)CC(C#N)C[N+]3=O)=CC2[N+]1=O. The van der Waals surface area contributed by atoms with Gasteiger partial charge >= 0.3 is 0 Å². The van der Waals surface area contributed by atoms with E-state index in [1.54, 1.807) is 6.08 Å². The lowest BCUT2D eigenvalue weighted by molar-refractivity contribution is -0.620. The van der Waals surface area contributed by atoms with Crippen molar-refractivity contribution in [3.05, 3.63) is 21.5 Å². The Kier molecular flexibility index (Phi) is 6.05. The molecule has 3 heterocycles. The topological polar surface area (TPSA) is 122 Å². The first-order chi connectivity index (χ1) is 13.7. The third kappa shape index (κ3) is 4.33. The van der Waals surface area contributed by atoms with Crippen LogP contribution in [0.4, 0.5) is 4.39 Å². The average molecular weight is 407 g/mol.